The van der Waals surface area contributed by atoms with Crippen LogP contribution in [0.5, 0.6) is 0 Å². The third-order valence-corrected chi connectivity index (χ3v) is 7.54. The van der Waals surface area contributed by atoms with Gasteiger partial charge in [-0.1, -0.05) is 60.7 Å². The van der Waals surface area contributed by atoms with Crippen LogP contribution in [0.25, 0.3) is 0 Å². The Morgan fingerprint density at radius 1 is 0.806 bits per heavy atom. The smallest absolute Gasteiger partial charge is 0.254 e. The number of nitrogens with zero attached hydrogens (tertiary/aromatic N) is 2. The van der Waals surface area contributed by atoms with Gasteiger partial charge in [-0.25, -0.2) is 0 Å². The number of hydrogen-bond donors (Lipinski definition) is 1. The molecular formula is C31H37N3O2. The summed E-state index contributed by atoms with van der Waals surface area (Å²) in [5.41, 5.74) is 4.75. The van der Waals surface area contributed by atoms with Gasteiger partial charge in [0.15, 0.2) is 0 Å². The van der Waals surface area contributed by atoms with Gasteiger partial charge in [-0.15, -0.1) is 0 Å². The van der Waals surface area contributed by atoms with Crippen LogP contribution in [0.4, 0.5) is 5.69 Å². The number of ether oxygens (including phenoxy) is 1. The van der Waals surface area contributed by atoms with Crippen molar-refractivity contribution in [2.45, 2.75) is 31.2 Å². The number of piperidine rings is 1. The molecule has 0 aliphatic carbocycles. The summed E-state index contributed by atoms with van der Waals surface area (Å²) in [6.07, 6.45) is 3.36. The van der Waals surface area contributed by atoms with Crippen molar-refractivity contribution >= 4 is 11.6 Å². The van der Waals surface area contributed by atoms with Crippen molar-refractivity contribution in [3.8, 4) is 0 Å². The van der Waals surface area contributed by atoms with Crippen molar-refractivity contribution in [2.24, 2.45) is 0 Å². The number of rotatable bonds is 8. The van der Waals surface area contributed by atoms with Gasteiger partial charge in [0, 0.05) is 49.4 Å². The first kappa shape index (κ1) is 24.5. The second-order valence-electron chi connectivity index (χ2n) is 9.83. The summed E-state index contributed by atoms with van der Waals surface area (Å²) in [6.45, 7) is 5.71. The lowest BCUT2D eigenvalue weighted by Crippen LogP contribution is -2.43. The Hall–Kier alpha value is -3.15. The van der Waals surface area contributed by atoms with E-state index in [1.54, 1.807) is 0 Å². The molecule has 2 aliphatic rings. The Kier molecular flexibility index (Phi) is 8.32. The molecule has 2 aliphatic heterocycles. The number of carbonyl (C=O) groups is 1. The summed E-state index contributed by atoms with van der Waals surface area (Å²) in [7, 11) is 0. The molecule has 0 unspecified atom stereocenters. The minimum Gasteiger partial charge on any atom is -0.378 e. The number of anilines is 1. The maximum atomic E-state index is 12.7. The summed E-state index contributed by atoms with van der Waals surface area (Å²) in [5.74, 6) is 0.524. The standard InChI is InChI=1S/C31H37N3O2/c35-31(34-21-23-36-24-22-34)27-11-13-29(14-12-27)33-19-16-28(17-20-33)32-18-15-30(25-7-3-1-4-8-25)26-9-5-2-6-10-26/h1-14,28,30,32H,15-24H2. The Morgan fingerprint density at radius 3 is 1.97 bits per heavy atom. The van der Waals surface area contributed by atoms with Crippen LogP contribution < -0.4 is 10.2 Å². The number of amides is 1. The van der Waals surface area contributed by atoms with Gasteiger partial charge in [-0.3, -0.25) is 4.79 Å². The molecule has 2 saturated heterocycles. The third-order valence-electron chi connectivity index (χ3n) is 7.54. The van der Waals surface area contributed by atoms with E-state index in [2.05, 4.69) is 83.0 Å². The van der Waals surface area contributed by atoms with Crippen molar-refractivity contribution < 1.29 is 9.53 Å². The monoisotopic (exact) mass is 483 g/mol. The lowest BCUT2D eigenvalue weighted by atomic mass is 9.88. The zero-order valence-electron chi connectivity index (χ0n) is 21.0. The first-order valence-electron chi connectivity index (χ1n) is 13.3. The van der Waals surface area contributed by atoms with Crippen LogP contribution in [0.1, 0.15) is 46.7 Å². The predicted molar refractivity (Wildman–Crippen MR) is 146 cm³/mol. The van der Waals surface area contributed by atoms with Crippen LogP contribution in [0.2, 0.25) is 0 Å². The molecule has 0 aromatic heterocycles. The van der Waals surface area contributed by atoms with E-state index in [-0.39, 0.29) is 5.91 Å². The molecule has 36 heavy (non-hydrogen) atoms. The molecule has 0 saturated carbocycles. The van der Waals surface area contributed by atoms with E-state index in [1.807, 2.05) is 17.0 Å². The molecule has 1 amide bonds. The van der Waals surface area contributed by atoms with E-state index >= 15 is 0 Å². The van der Waals surface area contributed by atoms with Gasteiger partial charge in [0.25, 0.3) is 5.91 Å². The highest BCUT2D eigenvalue weighted by Crippen LogP contribution is 2.28. The zero-order valence-corrected chi connectivity index (χ0v) is 21.0. The number of hydrogen-bond acceptors (Lipinski definition) is 4. The summed E-state index contributed by atoms with van der Waals surface area (Å²) >= 11 is 0. The van der Waals surface area contributed by atoms with Crippen molar-refractivity contribution in [1.82, 2.24) is 10.2 Å². The average molecular weight is 484 g/mol. The van der Waals surface area contributed by atoms with E-state index in [0.29, 0.717) is 38.3 Å². The van der Waals surface area contributed by atoms with E-state index < -0.39 is 0 Å². The van der Waals surface area contributed by atoms with Gasteiger partial charge < -0.3 is 19.9 Å². The number of morpholine rings is 1. The van der Waals surface area contributed by atoms with E-state index in [4.69, 9.17) is 4.74 Å². The molecule has 0 spiro atoms. The molecular weight excluding hydrogens is 446 g/mol. The maximum absolute atomic E-state index is 12.7. The Morgan fingerprint density at radius 2 is 1.39 bits per heavy atom. The normalized spacial score (nSPS) is 16.9. The summed E-state index contributed by atoms with van der Waals surface area (Å²) in [4.78, 5) is 17.0. The van der Waals surface area contributed by atoms with Gasteiger partial charge in [0.2, 0.25) is 0 Å². The molecule has 2 fully saturated rings. The third kappa shape index (κ3) is 6.15. The number of carbonyl (C=O) groups excluding carboxylic acids is 1. The molecule has 188 valence electrons. The summed E-state index contributed by atoms with van der Waals surface area (Å²) in [6, 6.07) is 30.4. The fourth-order valence-electron chi connectivity index (χ4n) is 5.43. The quantitative estimate of drug-likeness (QED) is 0.493. The molecule has 5 heteroatoms. The molecule has 5 nitrogen and oxygen atoms in total. The van der Waals surface area contributed by atoms with E-state index in [9.17, 15) is 4.79 Å². The van der Waals surface area contributed by atoms with Gasteiger partial charge in [0.05, 0.1) is 13.2 Å². The first-order chi connectivity index (χ1) is 17.8. The average Bonchev–Trinajstić information content (AvgIpc) is 2.97. The minimum atomic E-state index is 0.108. The van der Waals surface area contributed by atoms with Gasteiger partial charge in [0.1, 0.15) is 0 Å². The van der Waals surface area contributed by atoms with Crippen LogP contribution in [-0.4, -0.2) is 62.8 Å². The van der Waals surface area contributed by atoms with Crippen molar-refractivity contribution in [2.75, 3.05) is 50.8 Å². The van der Waals surface area contributed by atoms with E-state index in [1.165, 1.54) is 16.8 Å². The molecule has 0 atom stereocenters. The molecule has 1 N–H and O–H groups in total. The predicted octanol–water partition coefficient (Wildman–Crippen LogP) is 4.94. The number of nitrogens with one attached hydrogen (secondary N) is 1. The molecule has 3 aromatic rings. The van der Waals surface area contributed by atoms with Gasteiger partial charge >= 0.3 is 0 Å². The SMILES string of the molecule is O=C(c1ccc(N2CCC(NCCC(c3ccccc3)c3ccccc3)CC2)cc1)N1CCOCC1. The lowest BCUT2D eigenvalue weighted by molar-refractivity contribution is 0.0303. The van der Waals surface area contributed by atoms with E-state index in [0.717, 1.165) is 44.5 Å². The first-order valence-corrected chi connectivity index (χ1v) is 13.3. The highest BCUT2D eigenvalue weighted by molar-refractivity contribution is 5.94. The molecule has 2 heterocycles. The molecule has 3 aromatic carbocycles. The second kappa shape index (κ2) is 12.2. The Balaban J connectivity index is 1.10. The molecule has 5 rings (SSSR count). The van der Waals surface area contributed by atoms with Crippen LogP contribution in [0.3, 0.4) is 0 Å². The fourth-order valence-corrected chi connectivity index (χ4v) is 5.43. The highest BCUT2D eigenvalue weighted by atomic mass is 16.5. The number of benzene rings is 3. The van der Waals surface area contributed by atoms with Gasteiger partial charge in [-0.05, 0) is 61.2 Å². The van der Waals surface area contributed by atoms with Gasteiger partial charge in [-0.2, -0.15) is 0 Å². The topological polar surface area (TPSA) is 44.8 Å². The summed E-state index contributed by atoms with van der Waals surface area (Å²) < 4.78 is 5.36. The highest BCUT2D eigenvalue weighted by Gasteiger charge is 2.22. The second-order valence-corrected chi connectivity index (χ2v) is 9.83. The lowest BCUT2D eigenvalue weighted by Gasteiger charge is -2.34. The van der Waals surface area contributed by atoms with Crippen LogP contribution in [0, 0.1) is 0 Å². The van der Waals surface area contributed by atoms with Crippen molar-refractivity contribution in [3.05, 3.63) is 102 Å². The van der Waals surface area contributed by atoms with Crippen molar-refractivity contribution in [1.29, 1.82) is 0 Å². The zero-order chi connectivity index (χ0) is 24.6. The maximum Gasteiger partial charge on any atom is 0.254 e. The minimum absolute atomic E-state index is 0.108. The largest absolute Gasteiger partial charge is 0.378 e. The fraction of sp³-hybridized carbons (Fsp3) is 0.387. The summed E-state index contributed by atoms with van der Waals surface area (Å²) in [5, 5.41) is 3.84. The Bertz CT molecular complexity index is 1030. The van der Waals surface area contributed by atoms with Crippen LogP contribution in [0.15, 0.2) is 84.9 Å². The van der Waals surface area contributed by atoms with Crippen molar-refractivity contribution in [3.63, 3.8) is 0 Å². The molecule has 0 radical (unpaired) electrons. The Labute approximate surface area is 215 Å². The van der Waals surface area contributed by atoms with Crippen LogP contribution in [-0.2, 0) is 4.74 Å². The van der Waals surface area contributed by atoms with Crippen LogP contribution >= 0.6 is 0 Å². The molecule has 0 bridgehead atoms.